The molecule has 0 radical (unpaired) electrons. The van der Waals surface area contributed by atoms with Crippen molar-refractivity contribution in [3.05, 3.63) is 108 Å². The number of rotatable bonds is 22. The van der Waals surface area contributed by atoms with Crippen LogP contribution in [0.3, 0.4) is 0 Å². The Labute approximate surface area is 530 Å². The van der Waals surface area contributed by atoms with Crippen molar-refractivity contribution in [2.45, 2.75) is 98.7 Å². The van der Waals surface area contributed by atoms with Gasteiger partial charge in [0, 0.05) is 103 Å². The predicted octanol–water partition coefficient (Wildman–Crippen LogP) is 12.0. The van der Waals surface area contributed by atoms with Crippen molar-refractivity contribution in [1.29, 1.82) is 0 Å². The molecule has 3 aromatic rings. The zero-order chi connectivity index (χ0) is 61.8. The fourth-order valence-electron chi connectivity index (χ4n) is 9.33. The average Bonchev–Trinajstić information content (AvgIpc) is 4.46. The Morgan fingerprint density at radius 3 is 1.34 bits per heavy atom. The number of ether oxygens (including phenoxy) is 3. The van der Waals surface area contributed by atoms with Crippen molar-refractivity contribution in [3.8, 4) is 0 Å². The van der Waals surface area contributed by atoms with Crippen molar-refractivity contribution in [2.75, 3.05) is 100 Å². The number of halogens is 6. The van der Waals surface area contributed by atoms with Gasteiger partial charge in [-0.3, -0.25) is 38.7 Å². The van der Waals surface area contributed by atoms with Gasteiger partial charge in [-0.1, -0.05) is 121 Å². The molecule has 4 heterocycles. The van der Waals surface area contributed by atoms with Crippen molar-refractivity contribution >= 4 is 127 Å². The minimum absolute atomic E-state index is 0.0480. The van der Waals surface area contributed by atoms with Crippen LogP contribution < -0.4 is 0 Å². The average molecular weight is 1370 g/mol. The summed E-state index contributed by atoms with van der Waals surface area (Å²) in [6.07, 6.45) is 6.52. The summed E-state index contributed by atoms with van der Waals surface area (Å²) in [4.78, 5) is 105. The molecule has 1 amide bonds. The molecule has 7 rings (SSSR count). The highest BCUT2D eigenvalue weighted by atomic mass is 127. The number of amides is 1. The van der Waals surface area contributed by atoms with E-state index in [-0.39, 0.29) is 61.3 Å². The lowest BCUT2D eigenvalue weighted by Crippen LogP contribution is -2.41. The normalized spacial score (nSPS) is 19.1. The zero-order valence-corrected chi connectivity index (χ0v) is 54.4. The molecule has 3 aromatic carbocycles. The van der Waals surface area contributed by atoms with Gasteiger partial charge in [-0.2, -0.15) is 9.59 Å². The molecule has 462 valence electrons. The first-order chi connectivity index (χ1) is 40.0. The molecule has 4 atom stereocenters. The number of likely N-dealkylation sites (tertiary alicyclic amines) is 4. The van der Waals surface area contributed by atoms with Gasteiger partial charge in [0.2, 0.25) is 0 Å². The Morgan fingerprint density at radius 1 is 0.554 bits per heavy atom. The molecule has 22 heteroatoms. The Kier molecular flexibility index (Phi) is 43.8. The van der Waals surface area contributed by atoms with Crippen LogP contribution in [0.1, 0.15) is 95.8 Å². The fraction of sp³-hybridized carbons (Fsp3) is 0.574. The highest BCUT2D eigenvalue weighted by Crippen LogP contribution is 2.35. The van der Waals surface area contributed by atoms with Crippen LogP contribution in [-0.4, -0.2) is 167 Å². The summed E-state index contributed by atoms with van der Waals surface area (Å²) in [6.45, 7) is 15.1. The van der Waals surface area contributed by atoms with E-state index in [1.165, 1.54) is 20.5 Å². The number of benzene rings is 3. The monoisotopic (exact) mass is 1370 g/mol. The number of alkyl halides is 5. The fourth-order valence-corrected chi connectivity index (χ4v) is 10.8. The van der Waals surface area contributed by atoms with E-state index in [0.29, 0.717) is 88.0 Å². The molecular weight excluding hydrogens is 1280 g/mol. The molecule has 0 bridgehead atoms. The maximum atomic E-state index is 12.5. The lowest BCUT2D eigenvalue weighted by atomic mass is 9.81. The molecule has 0 N–H and O–H groups in total. The van der Waals surface area contributed by atoms with Gasteiger partial charge in [0.05, 0.1) is 46.0 Å². The number of hydrogen-bond acceptors (Lipinski definition) is 15. The maximum absolute atomic E-state index is 12.5. The van der Waals surface area contributed by atoms with E-state index < -0.39 is 16.8 Å². The molecule has 0 aromatic heterocycles. The standard InChI is InChI=1S/C17H22ClNO3.C14H18ClNO.C13H17NO.C10H16ClNO3.C3H6ClI.C3H5ClO2.CO2/c1-2-22-16(21)17(9-6-10-18)13-19(12-15(17)20)11-14-7-4-3-5-8-14;15-8-4-7-13-10-16(11-14(13)17)9-12-5-2-1-3-6-12;1-2-12-9-14(10-13(12)15)8-11-6-4-3-5-7-11;1-2-15-10(14)12-6-8(4-3-5-11)9(13)7-12;4-2-1-3-5;1-2-6-3(4)5;2-1-3/h3-5,7-8H,2,6,9-13H2,1H3;1-3,5-6,13H,4,7-11H2;3-7,12H,2,8-10H2,1H3;8H,2-7H2,1H3;1-3H2;2H2,1H3;. The Morgan fingerprint density at radius 2 is 0.964 bits per heavy atom. The lowest BCUT2D eigenvalue weighted by Gasteiger charge is -2.25. The van der Waals surface area contributed by atoms with Crippen molar-refractivity contribution in [2.24, 2.45) is 23.2 Å². The number of carbonyl (C=O) groups excluding carboxylic acids is 9. The van der Waals surface area contributed by atoms with Gasteiger partial charge >= 0.3 is 23.6 Å². The molecule has 4 aliphatic heterocycles. The smallest absolute Gasteiger partial charge is 0.410 e. The molecule has 4 aliphatic rings. The lowest BCUT2D eigenvalue weighted by molar-refractivity contribution is -0.192. The Bertz CT molecular complexity index is 2340. The maximum Gasteiger partial charge on any atom is 0.410 e. The van der Waals surface area contributed by atoms with Gasteiger partial charge in [0.25, 0.3) is 0 Å². The highest BCUT2D eigenvalue weighted by molar-refractivity contribution is 14.1. The molecule has 83 heavy (non-hydrogen) atoms. The third-order valence-electron chi connectivity index (χ3n) is 13.3. The molecule has 0 spiro atoms. The van der Waals surface area contributed by atoms with Crippen LogP contribution in [0.5, 0.6) is 0 Å². The number of Topliss-reactive ketones (excluding diaryl/α,β-unsaturated/α-hetero) is 4. The Hall–Kier alpha value is -4.01. The minimum atomic E-state index is -1.04. The molecule has 0 saturated carbocycles. The van der Waals surface area contributed by atoms with Crippen molar-refractivity contribution in [1.82, 2.24) is 19.6 Å². The Balaban J connectivity index is 0.000000517. The van der Waals surface area contributed by atoms with Crippen LogP contribution in [0.15, 0.2) is 91.0 Å². The third kappa shape index (κ3) is 31.8. The van der Waals surface area contributed by atoms with E-state index in [0.717, 1.165) is 76.1 Å². The number of carbonyl (C=O) groups is 7. The first kappa shape index (κ1) is 77.0. The number of ketones is 4. The second kappa shape index (κ2) is 47.2. The molecule has 16 nitrogen and oxygen atoms in total. The summed E-state index contributed by atoms with van der Waals surface area (Å²) in [5.74, 6) is 3.35. The van der Waals surface area contributed by atoms with E-state index in [2.05, 4.69) is 68.3 Å². The first-order valence-corrected chi connectivity index (χ1v) is 32.1. The van der Waals surface area contributed by atoms with Gasteiger partial charge in [-0.05, 0) is 88.8 Å². The van der Waals surface area contributed by atoms with Crippen LogP contribution in [-0.2, 0) is 67.4 Å². The van der Waals surface area contributed by atoms with Gasteiger partial charge < -0.3 is 19.1 Å². The summed E-state index contributed by atoms with van der Waals surface area (Å²) in [7, 11) is 0. The topological polar surface area (TPSA) is 194 Å². The van der Waals surface area contributed by atoms with E-state index in [9.17, 15) is 33.6 Å². The quantitative estimate of drug-likeness (QED) is 0.0230. The summed E-state index contributed by atoms with van der Waals surface area (Å²) < 4.78 is 15.4. The van der Waals surface area contributed by atoms with Crippen LogP contribution in [0.25, 0.3) is 0 Å². The second-order valence-electron chi connectivity index (χ2n) is 19.6. The molecule has 4 saturated heterocycles. The second-order valence-corrected chi connectivity index (χ2v) is 22.5. The van der Waals surface area contributed by atoms with E-state index in [1.807, 2.05) is 71.6 Å². The summed E-state index contributed by atoms with van der Waals surface area (Å²) in [6, 6.07) is 30.6. The van der Waals surface area contributed by atoms with Gasteiger partial charge in [0.1, 0.15) is 5.41 Å². The van der Waals surface area contributed by atoms with Gasteiger partial charge in [-0.25, -0.2) is 9.59 Å². The zero-order valence-electron chi connectivity index (χ0n) is 48.4. The minimum Gasteiger partial charge on any atom is -0.465 e. The summed E-state index contributed by atoms with van der Waals surface area (Å²) in [5.41, 5.74) is 1.92. The van der Waals surface area contributed by atoms with Crippen molar-refractivity contribution < 1.29 is 57.4 Å². The largest absolute Gasteiger partial charge is 0.465 e. The van der Waals surface area contributed by atoms with Crippen LogP contribution in [0.4, 0.5) is 9.59 Å². The van der Waals surface area contributed by atoms with E-state index in [4.69, 9.17) is 77.1 Å². The predicted molar refractivity (Wildman–Crippen MR) is 336 cm³/mol. The first-order valence-electron chi connectivity index (χ1n) is 28.1. The SMILES string of the molecule is CCC1CN(Cc2ccccc2)CC1=O.CCOC(=O)C1(CCCCl)CN(Cc2ccccc2)CC1=O.CCOC(=O)Cl.CCOC(=O)N1CC(=O)C(CCCCl)C1.ClCCCI.O=C1CN(Cc2ccccc2)CC1CCCCl.O=C=O. The van der Waals surface area contributed by atoms with E-state index >= 15 is 0 Å². The molecule has 4 unspecified atom stereocenters. The van der Waals surface area contributed by atoms with Gasteiger partial charge in [0.15, 0.2) is 23.1 Å². The van der Waals surface area contributed by atoms with Crippen LogP contribution in [0.2, 0.25) is 0 Å². The highest BCUT2D eigenvalue weighted by Gasteiger charge is 2.52. The number of esters is 1. The van der Waals surface area contributed by atoms with Crippen molar-refractivity contribution in [3.63, 3.8) is 0 Å². The molecular formula is C61H84Cl5IN4O12. The summed E-state index contributed by atoms with van der Waals surface area (Å²) in [5, 5.41) is 0. The number of nitrogens with zero attached hydrogens (tertiary/aromatic N) is 4. The molecule has 0 aliphatic carbocycles. The van der Waals surface area contributed by atoms with Crippen LogP contribution in [0, 0.1) is 23.2 Å². The van der Waals surface area contributed by atoms with Crippen LogP contribution >= 0.6 is 80.6 Å². The van der Waals surface area contributed by atoms with Gasteiger partial charge in [-0.15, -0.1) is 46.4 Å². The number of hydrogen-bond donors (Lipinski definition) is 0. The third-order valence-corrected chi connectivity index (χ3v) is 15.3. The van der Waals surface area contributed by atoms with E-state index in [1.54, 1.807) is 20.8 Å². The summed E-state index contributed by atoms with van der Waals surface area (Å²) >= 11 is 29.3. The molecule has 4 fully saturated rings.